The normalized spacial score (nSPS) is 12.0. The molecule has 3 rings (SSSR count). The molecule has 0 bridgehead atoms. The van der Waals surface area contributed by atoms with E-state index < -0.39 is 0 Å². The molecule has 0 N–H and O–H groups in total. The number of para-hydroxylation sites is 1. The van der Waals surface area contributed by atoms with Crippen molar-refractivity contribution in [3.8, 4) is 5.75 Å². The zero-order valence-corrected chi connectivity index (χ0v) is 16.7. The minimum atomic E-state index is -0.336. The number of hydrogen-bond acceptors (Lipinski definition) is 2. The van der Waals surface area contributed by atoms with Crippen LogP contribution in [0.15, 0.2) is 99.6 Å². The molecular weight excluding hydrogens is 443 g/mol. The monoisotopic (exact) mass is 461 g/mol. The van der Waals surface area contributed by atoms with Crippen LogP contribution in [0.2, 0.25) is 0 Å². The number of alkyl halides is 1. The minimum absolute atomic E-state index is 0.194. The maximum absolute atomic E-state index is 12.1. The molecule has 3 aromatic rings. The Bertz CT molecular complexity index is 795. The average molecular weight is 461 g/mol. The molecule has 0 saturated heterocycles. The van der Waals surface area contributed by atoms with E-state index in [1.165, 1.54) is 9.79 Å². The van der Waals surface area contributed by atoms with Crippen molar-refractivity contribution in [1.82, 2.24) is 0 Å². The number of rotatable bonds is 5. The van der Waals surface area contributed by atoms with Crippen LogP contribution in [0.25, 0.3) is 0 Å². The fraction of sp³-hybridized carbons (Fsp3) is 0.0952. The zero-order chi connectivity index (χ0) is 17.6. The number of esters is 1. The smallest absolute Gasteiger partial charge is 0.324 e. The summed E-state index contributed by atoms with van der Waals surface area (Å²) in [6, 6.07) is 28.5. The molecule has 1 unspecified atom stereocenters. The Morgan fingerprint density at radius 3 is 1.84 bits per heavy atom. The van der Waals surface area contributed by atoms with E-state index in [-0.39, 0.29) is 20.8 Å². The number of ether oxygens (including phenoxy) is 1. The molecule has 1 atom stereocenters. The quantitative estimate of drug-likeness (QED) is 0.165. The molecule has 0 radical (unpaired) electrons. The highest BCUT2D eigenvalue weighted by Crippen LogP contribution is 2.36. The lowest BCUT2D eigenvalue weighted by Gasteiger charge is -2.12. The molecule has 126 valence electrons. The van der Waals surface area contributed by atoms with Crippen LogP contribution in [0.4, 0.5) is 0 Å². The molecule has 0 aliphatic carbocycles. The first-order chi connectivity index (χ1) is 12.2. The van der Waals surface area contributed by atoms with E-state index in [0.29, 0.717) is 5.75 Å². The number of hydrogen-bond donors (Lipinski definition) is 0. The molecular formula is C21H18IO2S+. The molecule has 0 fully saturated rings. The number of halogens is 1. The van der Waals surface area contributed by atoms with Crippen molar-refractivity contribution in [2.75, 3.05) is 0 Å². The van der Waals surface area contributed by atoms with Crippen LogP contribution in [0.3, 0.4) is 0 Å². The second kappa shape index (κ2) is 8.54. The molecule has 2 nitrogen and oxygen atoms in total. The summed E-state index contributed by atoms with van der Waals surface area (Å²) in [7, 11) is -0.336. The van der Waals surface area contributed by atoms with Crippen molar-refractivity contribution in [2.45, 2.75) is 25.5 Å². The number of carbonyl (C=O) groups excluding carboxylic acids is 1. The van der Waals surface area contributed by atoms with E-state index in [1.807, 2.05) is 67.6 Å². The Morgan fingerprint density at radius 2 is 1.32 bits per heavy atom. The van der Waals surface area contributed by atoms with Gasteiger partial charge in [0.05, 0.1) is 0 Å². The SMILES string of the molecule is CC(I)C(=O)Oc1ccccc1[S+](c1ccccc1)c1ccccc1. The molecule has 0 amide bonds. The first kappa shape index (κ1) is 18.0. The molecule has 0 saturated carbocycles. The van der Waals surface area contributed by atoms with Gasteiger partial charge in [0.1, 0.15) is 14.8 Å². The Kier molecular flexibility index (Phi) is 6.15. The third kappa shape index (κ3) is 4.44. The topological polar surface area (TPSA) is 26.3 Å². The predicted molar refractivity (Wildman–Crippen MR) is 111 cm³/mol. The van der Waals surface area contributed by atoms with E-state index >= 15 is 0 Å². The van der Waals surface area contributed by atoms with Gasteiger partial charge in [0.2, 0.25) is 4.90 Å². The van der Waals surface area contributed by atoms with Crippen molar-refractivity contribution >= 4 is 39.5 Å². The average Bonchev–Trinajstić information content (AvgIpc) is 2.65. The lowest BCUT2D eigenvalue weighted by molar-refractivity contribution is -0.133. The van der Waals surface area contributed by atoms with E-state index in [2.05, 4.69) is 46.9 Å². The second-order valence-corrected chi connectivity index (χ2v) is 9.28. The van der Waals surface area contributed by atoms with Crippen molar-refractivity contribution in [2.24, 2.45) is 0 Å². The summed E-state index contributed by atoms with van der Waals surface area (Å²) in [5.41, 5.74) is 0. The molecule has 0 spiro atoms. The molecule has 0 aromatic heterocycles. The first-order valence-corrected chi connectivity index (χ1v) is 10.4. The Morgan fingerprint density at radius 1 is 0.840 bits per heavy atom. The van der Waals surface area contributed by atoms with Gasteiger partial charge < -0.3 is 4.74 Å². The predicted octanol–water partition coefficient (Wildman–Crippen LogP) is 5.51. The summed E-state index contributed by atoms with van der Waals surface area (Å²) >= 11 is 2.08. The minimum Gasteiger partial charge on any atom is -0.420 e. The van der Waals surface area contributed by atoms with Crippen LogP contribution in [-0.2, 0) is 15.7 Å². The summed E-state index contributed by atoms with van der Waals surface area (Å²) in [4.78, 5) is 15.5. The zero-order valence-electron chi connectivity index (χ0n) is 13.8. The summed E-state index contributed by atoms with van der Waals surface area (Å²) in [5.74, 6) is 0.407. The lowest BCUT2D eigenvalue weighted by atomic mass is 10.3. The highest BCUT2D eigenvalue weighted by atomic mass is 127. The van der Waals surface area contributed by atoms with E-state index in [0.717, 1.165) is 4.90 Å². The van der Waals surface area contributed by atoms with Crippen molar-refractivity contribution in [3.05, 3.63) is 84.9 Å². The standard InChI is InChI=1S/C21H18IO2S/c1-16(22)21(23)24-19-14-8-9-15-20(19)25(17-10-4-2-5-11-17)18-12-6-3-7-13-18/h2-16H,1H3/q+1. The van der Waals surface area contributed by atoms with Crippen LogP contribution < -0.4 is 4.74 Å². The fourth-order valence-corrected chi connectivity index (χ4v) is 4.69. The van der Waals surface area contributed by atoms with Crippen LogP contribution in [0.1, 0.15) is 6.92 Å². The lowest BCUT2D eigenvalue weighted by Crippen LogP contribution is -2.18. The van der Waals surface area contributed by atoms with Gasteiger partial charge in [-0.2, -0.15) is 0 Å². The van der Waals surface area contributed by atoms with Gasteiger partial charge in [-0.25, -0.2) is 0 Å². The van der Waals surface area contributed by atoms with Crippen molar-refractivity contribution in [1.29, 1.82) is 0 Å². The molecule has 0 aliphatic heterocycles. The second-order valence-electron chi connectivity index (χ2n) is 5.42. The summed E-state index contributed by atoms with van der Waals surface area (Å²) in [6.07, 6.45) is 0. The van der Waals surface area contributed by atoms with Crippen LogP contribution in [0, 0.1) is 0 Å². The Balaban J connectivity index is 2.10. The summed E-state index contributed by atoms with van der Waals surface area (Å²) in [5, 5.41) is 0. The number of carbonyl (C=O) groups is 1. The first-order valence-electron chi connectivity index (χ1n) is 7.96. The molecule has 0 heterocycles. The van der Waals surface area contributed by atoms with E-state index in [4.69, 9.17) is 4.74 Å². The summed E-state index contributed by atoms with van der Waals surface area (Å²) < 4.78 is 5.50. The highest BCUT2D eigenvalue weighted by molar-refractivity contribution is 14.1. The third-order valence-corrected chi connectivity index (χ3v) is 6.33. The Labute approximate surface area is 164 Å². The largest absolute Gasteiger partial charge is 0.420 e. The van der Waals surface area contributed by atoms with Crippen LogP contribution in [-0.4, -0.2) is 9.89 Å². The van der Waals surface area contributed by atoms with E-state index in [1.54, 1.807) is 0 Å². The van der Waals surface area contributed by atoms with Gasteiger partial charge in [-0.3, -0.25) is 4.79 Å². The van der Waals surface area contributed by atoms with Gasteiger partial charge in [-0.05, 0) is 43.3 Å². The fourth-order valence-electron chi connectivity index (χ4n) is 2.40. The van der Waals surface area contributed by atoms with Gasteiger partial charge in [0.15, 0.2) is 15.5 Å². The highest BCUT2D eigenvalue weighted by Gasteiger charge is 2.32. The van der Waals surface area contributed by atoms with E-state index in [9.17, 15) is 4.79 Å². The molecule has 3 aromatic carbocycles. The molecule has 4 heteroatoms. The van der Waals surface area contributed by atoms with Gasteiger partial charge >= 0.3 is 5.97 Å². The number of benzene rings is 3. The molecule has 25 heavy (non-hydrogen) atoms. The Hall–Kier alpha value is -1.79. The maximum atomic E-state index is 12.1. The van der Waals surface area contributed by atoms with Gasteiger partial charge in [0, 0.05) is 0 Å². The van der Waals surface area contributed by atoms with Crippen LogP contribution in [0.5, 0.6) is 5.75 Å². The van der Waals surface area contributed by atoms with Crippen molar-refractivity contribution < 1.29 is 9.53 Å². The van der Waals surface area contributed by atoms with Gasteiger partial charge in [0.25, 0.3) is 0 Å². The van der Waals surface area contributed by atoms with Crippen LogP contribution >= 0.6 is 22.6 Å². The van der Waals surface area contributed by atoms with Gasteiger partial charge in [-0.15, -0.1) is 0 Å². The van der Waals surface area contributed by atoms with Gasteiger partial charge in [-0.1, -0.05) is 71.1 Å². The molecule has 0 aliphatic rings. The third-order valence-electron chi connectivity index (χ3n) is 3.56. The van der Waals surface area contributed by atoms with Crippen molar-refractivity contribution in [3.63, 3.8) is 0 Å². The maximum Gasteiger partial charge on any atom is 0.324 e. The summed E-state index contributed by atoms with van der Waals surface area (Å²) in [6.45, 7) is 1.83.